The van der Waals surface area contributed by atoms with Crippen molar-refractivity contribution >= 4 is 6.08 Å². The van der Waals surface area contributed by atoms with Gasteiger partial charge in [-0.05, 0) is 31.7 Å². The molecule has 0 aliphatic carbocycles. The third-order valence-corrected chi connectivity index (χ3v) is 2.13. The lowest BCUT2D eigenvalue weighted by atomic mass is 10.2. The quantitative estimate of drug-likeness (QED) is 0.788. The van der Waals surface area contributed by atoms with Gasteiger partial charge < -0.3 is 10.1 Å². The van der Waals surface area contributed by atoms with Crippen molar-refractivity contribution < 1.29 is 4.74 Å². The summed E-state index contributed by atoms with van der Waals surface area (Å²) >= 11 is 0. The Morgan fingerprint density at radius 3 is 2.86 bits per heavy atom. The minimum atomic E-state index is 0.390. The van der Waals surface area contributed by atoms with Crippen LogP contribution in [0.3, 0.4) is 0 Å². The predicted molar refractivity (Wildman–Crippen MR) is 60.5 cm³/mol. The van der Waals surface area contributed by atoms with E-state index in [9.17, 15) is 0 Å². The Morgan fingerprint density at radius 2 is 2.21 bits per heavy atom. The van der Waals surface area contributed by atoms with Crippen LogP contribution in [0.15, 0.2) is 30.3 Å². The molecule has 1 aromatic carbocycles. The normalized spacial score (nSPS) is 13.1. The number of likely N-dealkylation sites (N-methyl/N-ethyl adjacent to an activating group) is 1. The fraction of sp³-hybridized carbons (Fsp3) is 0.333. The monoisotopic (exact) mass is 191 g/mol. The highest BCUT2D eigenvalue weighted by Gasteiger charge is 1.93. The van der Waals surface area contributed by atoms with E-state index in [1.165, 1.54) is 0 Å². The minimum Gasteiger partial charge on any atom is -0.497 e. The lowest BCUT2D eigenvalue weighted by Gasteiger charge is -2.03. The fourth-order valence-corrected chi connectivity index (χ4v) is 1.10. The van der Waals surface area contributed by atoms with Crippen LogP contribution in [0.4, 0.5) is 0 Å². The van der Waals surface area contributed by atoms with Gasteiger partial charge in [-0.15, -0.1) is 0 Å². The largest absolute Gasteiger partial charge is 0.497 e. The average molecular weight is 191 g/mol. The summed E-state index contributed by atoms with van der Waals surface area (Å²) in [6, 6.07) is 8.39. The summed E-state index contributed by atoms with van der Waals surface area (Å²) < 4.78 is 5.14. The first-order chi connectivity index (χ1) is 6.76. The SMILES string of the molecule is CNC(C)/C=C/c1cccc(OC)c1. The van der Waals surface area contributed by atoms with Crippen molar-refractivity contribution in [3.8, 4) is 5.75 Å². The highest BCUT2D eigenvalue weighted by molar-refractivity contribution is 5.52. The Morgan fingerprint density at radius 1 is 1.43 bits per heavy atom. The molecule has 0 bridgehead atoms. The molecule has 1 unspecified atom stereocenters. The van der Waals surface area contributed by atoms with Gasteiger partial charge in [0, 0.05) is 6.04 Å². The molecular weight excluding hydrogens is 174 g/mol. The van der Waals surface area contributed by atoms with Gasteiger partial charge >= 0.3 is 0 Å². The summed E-state index contributed by atoms with van der Waals surface area (Å²) in [6.45, 7) is 2.11. The number of hydrogen-bond donors (Lipinski definition) is 1. The van der Waals surface area contributed by atoms with Crippen LogP contribution in [0.25, 0.3) is 6.08 Å². The molecule has 0 heterocycles. The third-order valence-electron chi connectivity index (χ3n) is 2.13. The number of methoxy groups -OCH3 is 1. The Kier molecular flexibility index (Phi) is 4.20. The van der Waals surface area contributed by atoms with E-state index < -0.39 is 0 Å². The molecule has 1 rings (SSSR count). The maximum atomic E-state index is 5.14. The van der Waals surface area contributed by atoms with Crippen LogP contribution >= 0.6 is 0 Å². The van der Waals surface area contributed by atoms with E-state index in [1.54, 1.807) is 7.11 Å². The highest BCUT2D eigenvalue weighted by Crippen LogP contribution is 2.13. The fourth-order valence-electron chi connectivity index (χ4n) is 1.10. The van der Waals surface area contributed by atoms with E-state index in [1.807, 2.05) is 25.2 Å². The Labute approximate surface area is 85.6 Å². The van der Waals surface area contributed by atoms with Crippen LogP contribution in [-0.2, 0) is 0 Å². The van der Waals surface area contributed by atoms with E-state index in [0.29, 0.717) is 6.04 Å². The molecule has 1 N–H and O–H groups in total. The van der Waals surface area contributed by atoms with Crippen molar-refractivity contribution in [3.05, 3.63) is 35.9 Å². The van der Waals surface area contributed by atoms with Gasteiger partial charge in [0.15, 0.2) is 0 Å². The van der Waals surface area contributed by atoms with Gasteiger partial charge in [-0.1, -0.05) is 24.3 Å². The number of rotatable bonds is 4. The molecule has 0 fully saturated rings. The van der Waals surface area contributed by atoms with Crippen LogP contribution in [0.1, 0.15) is 12.5 Å². The van der Waals surface area contributed by atoms with Crippen molar-refractivity contribution in [2.24, 2.45) is 0 Å². The van der Waals surface area contributed by atoms with Crippen LogP contribution < -0.4 is 10.1 Å². The van der Waals surface area contributed by atoms with Gasteiger partial charge in [-0.2, -0.15) is 0 Å². The Bertz CT molecular complexity index is 307. The average Bonchev–Trinajstić information content (AvgIpc) is 2.26. The van der Waals surface area contributed by atoms with E-state index in [4.69, 9.17) is 4.74 Å². The van der Waals surface area contributed by atoms with Crippen molar-refractivity contribution in [1.29, 1.82) is 0 Å². The summed E-state index contributed by atoms with van der Waals surface area (Å²) in [4.78, 5) is 0. The van der Waals surface area contributed by atoms with E-state index in [-0.39, 0.29) is 0 Å². The number of hydrogen-bond acceptors (Lipinski definition) is 2. The van der Waals surface area contributed by atoms with Gasteiger partial charge in [0.25, 0.3) is 0 Å². The maximum Gasteiger partial charge on any atom is 0.119 e. The first-order valence-electron chi connectivity index (χ1n) is 4.76. The number of ether oxygens (including phenoxy) is 1. The van der Waals surface area contributed by atoms with Gasteiger partial charge in [-0.3, -0.25) is 0 Å². The van der Waals surface area contributed by atoms with Crippen molar-refractivity contribution in [2.45, 2.75) is 13.0 Å². The predicted octanol–water partition coefficient (Wildman–Crippen LogP) is 2.32. The summed E-state index contributed by atoms with van der Waals surface area (Å²) in [5, 5.41) is 3.15. The van der Waals surface area contributed by atoms with Crippen LogP contribution in [-0.4, -0.2) is 20.2 Å². The smallest absolute Gasteiger partial charge is 0.119 e. The summed E-state index contributed by atoms with van der Waals surface area (Å²) in [5.41, 5.74) is 1.16. The minimum absolute atomic E-state index is 0.390. The van der Waals surface area contributed by atoms with Crippen LogP contribution in [0, 0.1) is 0 Å². The second-order valence-corrected chi connectivity index (χ2v) is 3.21. The summed E-state index contributed by atoms with van der Waals surface area (Å²) in [7, 11) is 3.62. The summed E-state index contributed by atoms with van der Waals surface area (Å²) in [6.07, 6.45) is 4.21. The van der Waals surface area contributed by atoms with Crippen molar-refractivity contribution in [1.82, 2.24) is 5.32 Å². The zero-order chi connectivity index (χ0) is 10.4. The molecule has 0 aromatic heterocycles. The molecule has 0 aliphatic rings. The topological polar surface area (TPSA) is 21.3 Å². The summed E-state index contributed by atoms with van der Waals surface area (Å²) in [5.74, 6) is 0.893. The van der Waals surface area contributed by atoms with Gasteiger partial charge in [-0.25, -0.2) is 0 Å². The molecule has 76 valence electrons. The zero-order valence-corrected chi connectivity index (χ0v) is 8.95. The molecule has 0 radical (unpaired) electrons. The third kappa shape index (κ3) is 3.23. The number of benzene rings is 1. The zero-order valence-electron chi connectivity index (χ0n) is 8.95. The first kappa shape index (κ1) is 10.8. The molecule has 2 nitrogen and oxygen atoms in total. The molecule has 0 saturated carbocycles. The van der Waals surface area contributed by atoms with Gasteiger partial charge in [0.1, 0.15) is 5.75 Å². The molecule has 0 spiro atoms. The Balaban J connectivity index is 2.71. The lowest BCUT2D eigenvalue weighted by Crippen LogP contribution is -2.17. The van der Waals surface area contributed by atoms with E-state index in [0.717, 1.165) is 11.3 Å². The molecule has 1 aromatic rings. The standard InChI is InChI=1S/C12H17NO/c1-10(13-2)7-8-11-5-4-6-12(9-11)14-3/h4-10,13H,1-3H3/b8-7+. The molecule has 0 saturated heterocycles. The highest BCUT2D eigenvalue weighted by atomic mass is 16.5. The van der Waals surface area contributed by atoms with Gasteiger partial charge in [0.05, 0.1) is 7.11 Å². The molecular formula is C12H17NO. The first-order valence-corrected chi connectivity index (χ1v) is 4.76. The van der Waals surface area contributed by atoms with Crippen LogP contribution in [0.5, 0.6) is 5.75 Å². The van der Waals surface area contributed by atoms with Crippen molar-refractivity contribution in [3.63, 3.8) is 0 Å². The van der Waals surface area contributed by atoms with Crippen molar-refractivity contribution in [2.75, 3.05) is 14.2 Å². The molecule has 1 atom stereocenters. The molecule has 14 heavy (non-hydrogen) atoms. The molecule has 2 heteroatoms. The lowest BCUT2D eigenvalue weighted by molar-refractivity contribution is 0.414. The number of nitrogens with one attached hydrogen (secondary N) is 1. The Hall–Kier alpha value is -1.28. The second-order valence-electron chi connectivity index (χ2n) is 3.21. The molecule has 0 amide bonds. The van der Waals surface area contributed by atoms with E-state index >= 15 is 0 Å². The van der Waals surface area contributed by atoms with Gasteiger partial charge in [0.2, 0.25) is 0 Å². The second kappa shape index (κ2) is 5.45. The maximum absolute atomic E-state index is 5.14. The van der Waals surface area contributed by atoms with E-state index in [2.05, 4.69) is 30.5 Å². The molecule has 0 aliphatic heterocycles. The van der Waals surface area contributed by atoms with Crippen LogP contribution in [0.2, 0.25) is 0 Å².